The summed E-state index contributed by atoms with van der Waals surface area (Å²) in [5.74, 6) is -0.932. The predicted octanol–water partition coefficient (Wildman–Crippen LogP) is 2.64. The summed E-state index contributed by atoms with van der Waals surface area (Å²) in [6.07, 6.45) is 2.59. The largest absolute Gasteiger partial charge is 0.452 e. The molecule has 3 rings (SSSR count). The van der Waals surface area contributed by atoms with Gasteiger partial charge in [0.15, 0.2) is 6.61 Å². The van der Waals surface area contributed by atoms with Gasteiger partial charge in [0, 0.05) is 18.1 Å². The fraction of sp³-hybridized carbons (Fsp3) is 0.400. The SMILES string of the molecule is CN(C(=O)COC(=O)c1c2c(nc3ccccc13)CCC2)C(C)(C)C#N. The van der Waals surface area contributed by atoms with E-state index in [1.807, 2.05) is 24.3 Å². The molecule has 134 valence electrons. The molecular weight excluding hydrogens is 330 g/mol. The highest BCUT2D eigenvalue weighted by Crippen LogP contribution is 2.30. The van der Waals surface area contributed by atoms with E-state index < -0.39 is 24.0 Å². The Bertz CT molecular complexity index is 928. The summed E-state index contributed by atoms with van der Waals surface area (Å²) in [6.45, 7) is 2.87. The molecule has 0 saturated carbocycles. The molecule has 26 heavy (non-hydrogen) atoms. The maximum Gasteiger partial charge on any atom is 0.339 e. The van der Waals surface area contributed by atoms with Gasteiger partial charge in [-0.05, 0) is 44.7 Å². The molecule has 1 aliphatic carbocycles. The van der Waals surface area contributed by atoms with Gasteiger partial charge in [-0.3, -0.25) is 9.78 Å². The molecule has 0 saturated heterocycles. The first-order chi connectivity index (χ1) is 12.3. The molecule has 0 unspecified atom stereocenters. The summed E-state index contributed by atoms with van der Waals surface area (Å²) >= 11 is 0. The molecule has 1 amide bonds. The zero-order valence-electron chi connectivity index (χ0n) is 15.2. The van der Waals surface area contributed by atoms with Crippen LogP contribution in [0.5, 0.6) is 0 Å². The van der Waals surface area contributed by atoms with Crippen molar-refractivity contribution in [3.05, 3.63) is 41.1 Å². The second-order valence-electron chi connectivity index (χ2n) is 6.98. The Kier molecular flexibility index (Phi) is 4.64. The number of likely N-dealkylation sites (N-methyl/N-ethyl adjacent to an activating group) is 1. The molecule has 1 aromatic heterocycles. The van der Waals surface area contributed by atoms with Gasteiger partial charge in [-0.2, -0.15) is 5.26 Å². The Morgan fingerprint density at radius 2 is 2.04 bits per heavy atom. The van der Waals surface area contributed by atoms with Crippen LogP contribution in [0, 0.1) is 11.3 Å². The van der Waals surface area contributed by atoms with Gasteiger partial charge < -0.3 is 9.64 Å². The lowest BCUT2D eigenvalue weighted by molar-refractivity contribution is -0.136. The fourth-order valence-corrected chi connectivity index (χ4v) is 3.13. The van der Waals surface area contributed by atoms with E-state index in [1.165, 1.54) is 11.9 Å². The van der Waals surface area contributed by atoms with Gasteiger partial charge in [-0.1, -0.05) is 18.2 Å². The van der Waals surface area contributed by atoms with E-state index in [1.54, 1.807) is 13.8 Å². The van der Waals surface area contributed by atoms with Crippen molar-refractivity contribution in [1.82, 2.24) is 9.88 Å². The van der Waals surface area contributed by atoms with E-state index in [0.717, 1.165) is 41.4 Å². The van der Waals surface area contributed by atoms with Crippen LogP contribution in [0.25, 0.3) is 10.9 Å². The smallest absolute Gasteiger partial charge is 0.339 e. The number of hydrogen-bond acceptors (Lipinski definition) is 5. The predicted molar refractivity (Wildman–Crippen MR) is 96.5 cm³/mol. The average Bonchev–Trinajstić information content (AvgIpc) is 3.10. The van der Waals surface area contributed by atoms with Crippen LogP contribution < -0.4 is 0 Å². The topological polar surface area (TPSA) is 83.3 Å². The first-order valence-corrected chi connectivity index (χ1v) is 8.60. The summed E-state index contributed by atoms with van der Waals surface area (Å²) in [4.78, 5) is 31.0. The second kappa shape index (κ2) is 6.75. The van der Waals surface area contributed by atoms with Gasteiger partial charge in [0.25, 0.3) is 5.91 Å². The van der Waals surface area contributed by atoms with Gasteiger partial charge in [0.1, 0.15) is 5.54 Å². The van der Waals surface area contributed by atoms with Gasteiger partial charge in [0.05, 0.1) is 17.1 Å². The number of esters is 1. The number of para-hydroxylation sites is 1. The Morgan fingerprint density at radius 1 is 1.31 bits per heavy atom. The average molecular weight is 351 g/mol. The number of carbonyl (C=O) groups excluding carboxylic acids is 2. The molecule has 0 atom stereocenters. The monoisotopic (exact) mass is 351 g/mol. The standard InChI is InChI=1S/C20H21N3O3/c1-20(2,12-21)23(3)17(24)11-26-19(25)18-13-7-4-5-9-15(13)22-16-10-6-8-14(16)18/h4-5,7,9H,6,8,10-11H2,1-3H3. The number of aromatic nitrogens is 1. The molecule has 1 aliphatic rings. The highest BCUT2D eigenvalue weighted by Gasteiger charge is 2.29. The zero-order valence-corrected chi connectivity index (χ0v) is 15.2. The van der Waals surface area contributed by atoms with Crippen LogP contribution in [0.2, 0.25) is 0 Å². The van der Waals surface area contributed by atoms with Gasteiger partial charge >= 0.3 is 5.97 Å². The molecule has 1 aromatic carbocycles. The van der Waals surface area contributed by atoms with Crippen molar-refractivity contribution in [2.24, 2.45) is 0 Å². The van der Waals surface area contributed by atoms with Crippen LogP contribution in [0.4, 0.5) is 0 Å². The van der Waals surface area contributed by atoms with Crippen LogP contribution in [-0.2, 0) is 22.4 Å². The second-order valence-corrected chi connectivity index (χ2v) is 6.98. The number of fused-ring (bicyclic) bond motifs is 2. The molecule has 2 aromatic rings. The lowest BCUT2D eigenvalue weighted by Gasteiger charge is -2.28. The Hall–Kier alpha value is -2.94. The first-order valence-electron chi connectivity index (χ1n) is 8.60. The minimum atomic E-state index is -0.964. The fourth-order valence-electron chi connectivity index (χ4n) is 3.13. The highest BCUT2D eigenvalue weighted by molar-refractivity contribution is 6.05. The summed E-state index contributed by atoms with van der Waals surface area (Å²) in [7, 11) is 1.53. The number of hydrogen-bond donors (Lipinski definition) is 0. The number of aryl methyl sites for hydroxylation is 1. The van der Waals surface area contributed by atoms with Crippen LogP contribution in [0.3, 0.4) is 0 Å². The minimum absolute atomic E-state index is 0.397. The molecule has 6 nitrogen and oxygen atoms in total. The molecule has 0 N–H and O–H groups in total. The third-order valence-corrected chi connectivity index (χ3v) is 4.94. The van der Waals surface area contributed by atoms with Crippen molar-refractivity contribution in [3.63, 3.8) is 0 Å². The number of pyridine rings is 1. The van der Waals surface area contributed by atoms with Crippen molar-refractivity contribution in [2.45, 2.75) is 38.6 Å². The Balaban J connectivity index is 1.85. The number of benzene rings is 1. The van der Waals surface area contributed by atoms with Crippen molar-refractivity contribution in [2.75, 3.05) is 13.7 Å². The third-order valence-electron chi connectivity index (χ3n) is 4.94. The molecule has 6 heteroatoms. The summed E-state index contributed by atoms with van der Waals surface area (Å²) in [5.41, 5.74) is 2.16. The van der Waals surface area contributed by atoms with Crippen LogP contribution in [0.1, 0.15) is 41.9 Å². The summed E-state index contributed by atoms with van der Waals surface area (Å²) < 4.78 is 5.32. The lowest BCUT2D eigenvalue weighted by Crippen LogP contribution is -2.45. The van der Waals surface area contributed by atoms with Crippen LogP contribution >= 0.6 is 0 Å². The van der Waals surface area contributed by atoms with Gasteiger partial charge in [-0.25, -0.2) is 4.79 Å². The lowest BCUT2D eigenvalue weighted by atomic mass is 10.0. The van der Waals surface area contributed by atoms with Crippen molar-refractivity contribution in [1.29, 1.82) is 5.26 Å². The number of ether oxygens (including phenoxy) is 1. The maximum atomic E-state index is 12.8. The van der Waals surface area contributed by atoms with Crippen LogP contribution in [0.15, 0.2) is 24.3 Å². The van der Waals surface area contributed by atoms with E-state index in [0.29, 0.717) is 5.56 Å². The number of rotatable bonds is 4. The molecule has 0 fully saturated rings. The molecule has 0 radical (unpaired) electrons. The first kappa shape index (κ1) is 17.9. The third kappa shape index (κ3) is 3.13. The van der Waals surface area contributed by atoms with E-state index in [-0.39, 0.29) is 0 Å². The zero-order chi connectivity index (χ0) is 18.9. The van der Waals surface area contributed by atoms with E-state index in [4.69, 9.17) is 10.00 Å². The highest BCUT2D eigenvalue weighted by atomic mass is 16.5. The molecule has 0 spiro atoms. The molecule has 0 aliphatic heterocycles. The van der Waals surface area contributed by atoms with Crippen molar-refractivity contribution < 1.29 is 14.3 Å². The number of nitriles is 1. The maximum absolute atomic E-state index is 12.8. The van der Waals surface area contributed by atoms with Gasteiger partial charge in [0.2, 0.25) is 0 Å². The Labute approximate surface area is 152 Å². The van der Waals surface area contributed by atoms with Crippen molar-refractivity contribution in [3.8, 4) is 6.07 Å². The summed E-state index contributed by atoms with van der Waals surface area (Å²) in [5, 5.41) is 9.88. The number of amides is 1. The normalized spacial score (nSPS) is 13.2. The van der Waals surface area contributed by atoms with E-state index in [9.17, 15) is 9.59 Å². The molecule has 0 bridgehead atoms. The number of carbonyl (C=O) groups is 2. The quantitative estimate of drug-likeness (QED) is 0.791. The summed E-state index contributed by atoms with van der Waals surface area (Å²) in [6, 6.07) is 9.52. The van der Waals surface area contributed by atoms with Crippen molar-refractivity contribution >= 4 is 22.8 Å². The van der Waals surface area contributed by atoms with E-state index in [2.05, 4.69) is 11.1 Å². The molecule has 1 heterocycles. The van der Waals surface area contributed by atoms with E-state index >= 15 is 0 Å². The van der Waals surface area contributed by atoms with Crippen LogP contribution in [-0.4, -0.2) is 41.0 Å². The Morgan fingerprint density at radius 3 is 2.77 bits per heavy atom. The molecular formula is C20H21N3O3. The number of nitrogens with zero attached hydrogens (tertiary/aromatic N) is 3. The minimum Gasteiger partial charge on any atom is -0.452 e. The van der Waals surface area contributed by atoms with Gasteiger partial charge in [-0.15, -0.1) is 0 Å².